The average molecular weight is 250 g/mol. The molecular weight excluding hydrogens is 242 g/mol. The highest BCUT2D eigenvalue weighted by atomic mass is 79.9. The van der Waals surface area contributed by atoms with E-state index in [4.69, 9.17) is 9.68 Å². The zero-order valence-electron chi connectivity index (χ0n) is 7.67. The molecule has 70 valence electrons. The molecule has 0 aliphatic rings. The van der Waals surface area contributed by atoms with Gasteiger partial charge >= 0.3 is 0 Å². The van der Waals surface area contributed by atoms with Crippen molar-refractivity contribution in [3.63, 3.8) is 0 Å². The number of fused-ring (bicyclic) bond motifs is 1. The van der Waals surface area contributed by atoms with Crippen molar-refractivity contribution in [2.75, 3.05) is 0 Å². The summed E-state index contributed by atoms with van der Waals surface area (Å²) in [6.45, 7) is 2.04. The van der Waals surface area contributed by atoms with Gasteiger partial charge in [-0.15, -0.1) is 0 Å². The second-order valence-electron chi connectivity index (χ2n) is 3.02. The van der Waals surface area contributed by atoms with E-state index >= 15 is 0 Å². The van der Waals surface area contributed by atoms with Crippen molar-refractivity contribution in [1.29, 1.82) is 5.26 Å². The maximum absolute atomic E-state index is 8.76. The maximum Gasteiger partial charge on any atom is 0.135 e. The van der Waals surface area contributed by atoms with E-state index < -0.39 is 0 Å². The summed E-state index contributed by atoms with van der Waals surface area (Å²) in [6, 6.07) is 7.54. The van der Waals surface area contributed by atoms with Gasteiger partial charge in [0.1, 0.15) is 11.3 Å². The van der Waals surface area contributed by atoms with Crippen LogP contribution in [-0.4, -0.2) is 0 Å². The Bertz CT molecular complexity index is 522. The largest absolute Gasteiger partial charge is 0.460 e. The lowest BCUT2D eigenvalue weighted by Crippen LogP contribution is -1.73. The van der Waals surface area contributed by atoms with Gasteiger partial charge in [0.2, 0.25) is 0 Å². The normalized spacial score (nSPS) is 10.4. The zero-order valence-corrected chi connectivity index (χ0v) is 9.26. The fourth-order valence-electron chi connectivity index (χ4n) is 1.42. The van der Waals surface area contributed by atoms with Crippen molar-refractivity contribution in [3.05, 3.63) is 34.0 Å². The molecule has 1 aromatic heterocycles. The van der Waals surface area contributed by atoms with Gasteiger partial charge in [0.05, 0.1) is 16.1 Å². The van der Waals surface area contributed by atoms with E-state index in [0.29, 0.717) is 5.56 Å². The first-order valence-electron chi connectivity index (χ1n) is 4.37. The fourth-order valence-corrected chi connectivity index (χ4v) is 2.09. The van der Waals surface area contributed by atoms with Crippen LogP contribution in [0, 0.1) is 11.3 Å². The molecule has 0 N–H and O–H groups in total. The Morgan fingerprint density at radius 3 is 2.93 bits per heavy atom. The van der Waals surface area contributed by atoms with E-state index in [1.165, 1.54) is 0 Å². The molecule has 0 unspecified atom stereocenters. The van der Waals surface area contributed by atoms with E-state index in [2.05, 4.69) is 22.0 Å². The van der Waals surface area contributed by atoms with Crippen molar-refractivity contribution in [3.8, 4) is 6.07 Å². The van der Waals surface area contributed by atoms with Gasteiger partial charge in [-0.05, 0) is 34.1 Å². The highest BCUT2D eigenvalue weighted by molar-refractivity contribution is 9.10. The molecule has 1 aromatic carbocycles. The number of nitrogens with zero attached hydrogens (tertiary/aromatic N) is 1. The van der Waals surface area contributed by atoms with Crippen LogP contribution in [0.1, 0.15) is 18.2 Å². The molecule has 1 heterocycles. The minimum absolute atomic E-state index is 0.654. The third kappa shape index (κ3) is 1.32. The first kappa shape index (κ1) is 9.29. The molecular formula is C11H8BrNO. The fraction of sp³-hybridized carbons (Fsp3) is 0.182. The Kier molecular flexibility index (Phi) is 2.30. The summed E-state index contributed by atoms with van der Waals surface area (Å²) in [5, 5.41) is 9.73. The minimum Gasteiger partial charge on any atom is -0.460 e. The van der Waals surface area contributed by atoms with Crippen LogP contribution < -0.4 is 0 Å². The van der Waals surface area contributed by atoms with Crippen LogP contribution in [0.25, 0.3) is 11.0 Å². The van der Waals surface area contributed by atoms with Gasteiger partial charge in [-0.1, -0.05) is 6.92 Å². The Morgan fingerprint density at radius 1 is 1.50 bits per heavy atom. The number of nitriles is 1. The molecule has 2 rings (SSSR count). The summed E-state index contributed by atoms with van der Waals surface area (Å²) in [5.41, 5.74) is 1.48. The lowest BCUT2D eigenvalue weighted by atomic mass is 10.2. The van der Waals surface area contributed by atoms with Crippen LogP contribution in [0.2, 0.25) is 0 Å². The number of rotatable bonds is 1. The lowest BCUT2D eigenvalue weighted by Gasteiger charge is -1.89. The number of hydrogen-bond acceptors (Lipinski definition) is 2. The summed E-state index contributed by atoms with van der Waals surface area (Å²) in [5.74, 6) is 0.926. The summed E-state index contributed by atoms with van der Waals surface area (Å²) in [6.07, 6.45) is 0.844. The number of halogens is 1. The molecule has 0 atom stereocenters. The second kappa shape index (κ2) is 3.47. The monoisotopic (exact) mass is 249 g/mol. The Labute approximate surface area is 90.3 Å². The molecule has 14 heavy (non-hydrogen) atoms. The first-order valence-corrected chi connectivity index (χ1v) is 5.16. The Morgan fingerprint density at radius 2 is 2.29 bits per heavy atom. The van der Waals surface area contributed by atoms with Crippen LogP contribution in [0.5, 0.6) is 0 Å². The molecule has 0 aliphatic carbocycles. The molecule has 2 nitrogen and oxygen atoms in total. The number of aryl methyl sites for hydroxylation is 1. The van der Waals surface area contributed by atoms with Gasteiger partial charge in [0.25, 0.3) is 0 Å². The van der Waals surface area contributed by atoms with Crippen LogP contribution in [0.4, 0.5) is 0 Å². The van der Waals surface area contributed by atoms with E-state index in [1.54, 1.807) is 6.07 Å². The van der Waals surface area contributed by atoms with Crippen molar-refractivity contribution in [2.24, 2.45) is 0 Å². The van der Waals surface area contributed by atoms with Gasteiger partial charge in [0, 0.05) is 11.8 Å². The molecule has 0 fully saturated rings. The van der Waals surface area contributed by atoms with Crippen molar-refractivity contribution in [1.82, 2.24) is 0 Å². The Hall–Kier alpha value is -1.27. The molecule has 3 heteroatoms. The predicted octanol–water partition coefficient (Wildman–Crippen LogP) is 3.63. The van der Waals surface area contributed by atoms with Crippen LogP contribution in [-0.2, 0) is 6.42 Å². The third-order valence-electron chi connectivity index (χ3n) is 2.14. The molecule has 0 saturated carbocycles. The molecule has 0 radical (unpaired) electrons. The quantitative estimate of drug-likeness (QED) is 0.774. The molecule has 0 aliphatic heterocycles. The van der Waals surface area contributed by atoms with Crippen LogP contribution >= 0.6 is 15.9 Å². The molecule has 0 spiro atoms. The molecule has 0 saturated heterocycles. The van der Waals surface area contributed by atoms with Crippen molar-refractivity contribution < 1.29 is 4.42 Å². The molecule has 0 amide bonds. The van der Waals surface area contributed by atoms with Crippen molar-refractivity contribution in [2.45, 2.75) is 13.3 Å². The van der Waals surface area contributed by atoms with E-state index in [-0.39, 0.29) is 0 Å². The summed E-state index contributed by atoms with van der Waals surface area (Å²) in [7, 11) is 0. The molecule has 0 bridgehead atoms. The Balaban J connectivity index is 2.75. The van der Waals surface area contributed by atoms with Gasteiger partial charge in [-0.2, -0.15) is 5.26 Å². The van der Waals surface area contributed by atoms with Crippen LogP contribution in [0.3, 0.4) is 0 Å². The lowest BCUT2D eigenvalue weighted by molar-refractivity contribution is 0.554. The second-order valence-corrected chi connectivity index (χ2v) is 3.81. The van der Waals surface area contributed by atoms with Gasteiger partial charge in [-0.25, -0.2) is 0 Å². The highest BCUT2D eigenvalue weighted by Crippen LogP contribution is 2.31. The smallest absolute Gasteiger partial charge is 0.135 e. The summed E-state index contributed by atoms with van der Waals surface area (Å²) >= 11 is 3.47. The first-order chi connectivity index (χ1) is 6.76. The third-order valence-corrected chi connectivity index (χ3v) is 3.01. The number of benzene rings is 1. The van der Waals surface area contributed by atoms with Gasteiger partial charge in [0.15, 0.2) is 0 Å². The van der Waals surface area contributed by atoms with E-state index in [1.807, 2.05) is 19.1 Å². The van der Waals surface area contributed by atoms with E-state index in [0.717, 1.165) is 27.6 Å². The maximum atomic E-state index is 8.76. The average Bonchev–Trinajstić information content (AvgIpc) is 2.55. The number of furan rings is 1. The minimum atomic E-state index is 0.654. The standard InChI is InChI=1S/C11H8BrNO/c1-2-9-11(12)8-5-7(6-13)3-4-10(8)14-9/h3-5H,2H2,1H3. The van der Waals surface area contributed by atoms with Gasteiger partial charge < -0.3 is 4.42 Å². The SMILES string of the molecule is CCc1oc2ccc(C#N)cc2c1Br. The topological polar surface area (TPSA) is 36.9 Å². The molecule has 2 aromatic rings. The van der Waals surface area contributed by atoms with E-state index in [9.17, 15) is 0 Å². The zero-order chi connectivity index (χ0) is 10.1. The van der Waals surface area contributed by atoms with Gasteiger partial charge in [-0.3, -0.25) is 0 Å². The highest BCUT2D eigenvalue weighted by Gasteiger charge is 2.10. The van der Waals surface area contributed by atoms with Crippen molar-refractivity contribution >= 4 is 26.9 Å². The van der Waals surface area contributed by atoms with Crippen LogP contribution in [0.15, 0.2) is 27.1 Å². The summed E-state index contributed by atoms with van der Waals surface area (Å²) in [4.78, 5) is 0. The predicted molar refractivity (Wildman–Crippen MR) is 58.0 cm³/mol. The number of hydrogen-bond donors (Lipinski definition) is 0. The summed E-state index contributed by atoms with van der Waals surface area (Å²) < 4.78 is 6.56.